The number of hydrogen-bond donors (Lipinski definition) is 1. The minimum absolute atomic E-state index is 0.0206. The van der Waals surface area contributed by atoms with E-state index in [-0.39, 0.29) is 51.3 Å². The Morgan fingerprint density at radius 1 is 0.930 bits per heavy atom. The van der Waals surface area contributed by atoms with E-state index in [0.29, 0.717) is 17.0 Å². The van der Waals surface area contributed by atoms with Gasteiger partial charge in [-0.25, -0.2) is 8.42 Å². The molecular weight excluding hydrogens is 633 g/mol. The number of aryl methyl sites for hydroxylation is 1. The van der Waals surface area contributed by atoms with Gasteiger partial charge in [-0.3, -0.25) is 13.9 Å². The molecule has 12 heteroatoms. The molecule has 0 saturated heterocycles. The number of halogens is 3. The predicted molar refractivity (Wildman–Crippen MR) is 173 cm³/mol. The molecule has 3 aromatic carbocycles. The van der Waals surface area contributed by atoms with Crippen molar-refractivity contribution in [2.75, 3.05) is 18.0 Å². The largest absolute Gasteiger partial charge is 0.495 e. The molecule has 3 aromatic rings. The third kappa shape index (κ3) is 8.56. The number of rotatable bonds is 13. The van der Waals surface area contributed by atoms with Crippen molar-refractivity contribution >= 4 is 62.3 Å². The van der Waals surface area contributed by atoms with Crippen LogP contribution in [0.3, 0.4) is 0 Å². The molecule has 0 aromatic heterocycles. The van der Waals surface area contributed by atoms with E-state index in [9.17, 15) is 18.0 Å². The van der Waals surface area contributed by atoms with Gasteiger partial charge in [0.05, 0.1) is 27.7 Å². The maximum atomic E-state index is 14.3. The summed E-state index contributed by atoms with van der Waals surface area (Å²) in [5.41, 5.74) is 1.56. The first-order valence-corrected chi connectivity index (χ1v) is 16.4. The summed E-state index contributed by atoms with van der Waals surface area (Å²) in [6.45, 7) is 6.78. The first-order chi connectivity index (χ1) is 20.3. The Morgan fingerprint density at radius 3 is 2.19 bits per heavy atom. The van der Waals surface area contributed by atoms with E-state index >= 15 is 0 Å². The van der Waals surface area contributed by atoms with E-state index in [1.165, 1.54) is 36.3 Å². The average molecular weight is 669 g/mol. The van der Waals surface area contributed by atoms with Crippen LogP contribution < -0.4 is 14.4 Å². The zero-order chi connectivity index (χ0) is 31.9. The van der Waals surface area contributed by atoms with Crippen LogP contribution >= 0.6 is 34.8 Å². The molecule has 43 heavy (non-hydrogen) atoms. The molecule has 1 N–H and O–H groups in total. The number of nitrogens with one attached hydrogen (secondary N) is 1. The summed E-state index contributed by atoms with van der Waals surface area (Å²) in [5, 5.41) is 3.82. The van der Waals surface area contributed by atoms with Gasteiger partial charge in [0.2, 0.25) is 11.8 Å². The van der Waals surface area contributed by atoms with Gasteiger partial charge in [0.15, 0.2) is 0 Å². The standard InChI is InChI=1S/C31H36Cl3N3O5S/c1-6-21(4)35-31(39)27(7-2)36(18-22-10-14-25(33)26(34)16-22)30(38)19-37(28-17-23(32)11-15-29(28)42-5)43(40,41)24-12-8-20(3)9-13-24/h8-17,21,27H,6-7,18-19H2,1-5H3,(H,35,39). The second-order valence-electron chi connectivity index (χ2n) is 10.2. The Kier molecular flexibility index (Phi) is 12.2. The van der Waals surface area contributed by atoms with E-state index in [1.807, 2.05) is 20.8 Å². The normalized spacial score (nSPS) is 12.7. The molecule has 0 saturated carbocycles. The van der Waals surface area contributed by atoms with Crippen LogP contribution in [0.5, 0.6) is 5.75 Å². The van der Waals surface area contributed by atoms with Crippen molar-refractivity contribution in [3.05, 3.63) is 86.9 Å². The van der Waals surface area contributed by atoms with Crippen LogP contribution in [0.1, 0.15) is 44.7 Å². The molecule has 2 amide bonds. The average Bonchev–Trinajstić information content (AvgIpc) is 2.97. The van der Waals surface area contributed by atoms with Crippen molar-refractivity contribution in [2.45, 2.75) is 64.1 Å². The lowest BCUT2D eigenvalue weighted by Gasteiger charge is -2.34. The van der Waals surface area contributed by atoms with Crippen molar-refractivity contribution in [3.8, 4) is 5.75 Å². The number of benzene rings is 3. The highest BCUT2D eigenvalue weighted by molar-refractivity contribution is 7.92. The fraction of sp³-hybridized carbons (Fsp3) is 0.355. The number of hydrogen-bond acceptors (Lipinski definition) is 5. The van der Waals surface area contributed by atoms with Crippen molar-refractivity contribution in [1.29, 1.82) is 0 Å². The third-order valence-electron chi connectivity index (χ3n) is 7.02. The fourth-order valence-corrected chi connectivity index (χ4v) is 6.31. The summed E-state index contributed by atoms with van der Waals surface area (Å²) < 4.78 is 34.7. The Morgan fingerprint density at radius 2 is 1.60 bits per heavy atom. The summed E-state index contributed by atoms with van der Waals surface area (Å²) in [4.78, 5) is 29.0. The highest BCUT2D eigenvalue weighted by Crippen LogP contribution is 2.35. The van der Waals surface area contributed by atoms with Gasteiger partial charge < -0.3 is 15.0 Å². The van der Waals surface area contributed by atoms with Gasteiger partial charge in [0.25, 0.3) is 10.0 Å². The summed E-state index contributed by atoms with van der Waals surface area (Å²) in [6, 6.07) is 14.7. The van der Waals surface area contributed by atoms with Crippen LogP contribution in [0, 0.1) is 6.92 Å². The molecule has 2 atom stereocenters. The van der Waals surface area contributed by atoms with Crippen molar-refractivity contribution < 1.29 is 22.7 Å². The van der Waals surface area contributed by atoms with Gasteiger partial charge in [-0.1, -0.05) is 72.4 Å². The molecule has 0 aliphatic rings. The SMILES string of the molecule is CCC(C)NC(=O)C(CC)N(Cc1ccc(Cl)c(Cl)c1)C(=O)CN(c1cc(Cl)ccc1OC)S(=O)(=O)c1ccc(C)cc1. The maximum Gasteiger partial charge on any atom is 0.264 e. The minimum Gasteiger partial charge on any atom is -0.495 e. The lowest BCUT2D eigenvalue weighted by atomic mass is 10.1. The summed E-state index contributed by atoms with van der Waals surface area (Å²) in [7, 11) is -2.90. The zero-order valence-electron chi connectivity index (χ0n) is 24.7. The second kappa shape index (κ2) is 15.1. The van der Waals surface area contributed by atoms with E-state index in [2.05, 4.69) is 5.32 Å². The monoisotopic (exact) mass is 667 g/mol. The Bertz CT molecular complexity index is 1550. The number of ether oxygens (including phenoxy) is 1. The van der Waals surface area contributed by atoms with Crippen molar-refractivity contribution in [3.63, 3.8) is 0 Å². The van der Waals surface area contributed by atoms with Gasteiger partial charge in [-0.2, -0.15) is 0 Å². The highest BCUT2D eigenvalue weighted by Gasteiger charge is 2.35. The maximum absolute atomic E-state index is 14.3. The van der Waals surface area contributed by atoms with Crippen molar-refractivity contribution in [1.82, 2.24) is 10.2 Å². The number of nitrogens with zero attached hydrogens (tertiary/aromatic N) is 2. The van der Waals surface area contributed by atoms with Crippen LogP contribution in [0.15, 0.2) is 65.6 Å². The molecule has 0 aliphatic heterocycles. The Labute approximate surface area is 268 Å². The highest BCUT2D eigenvalue weighted by atomic mass is 35.5. The van der Waals surface area contributed by atoms with Crippen LogP contribution in [0.2, 0.25) is 15.1 Å². The van der Waals surface area contributed by atoms with Gasteiger partial charge >= 0.3 is 0 Å². The van der Waals surface area contributed by atoms with Gasteiger partial charge in [0.1, 0.15) is 18.3 Å². The number of sulfonamides is 1. The van der Waals surface area contributed by atoms with Gasteiger partial charge in [-0.15, -0.1) is 0 Å². The lowest BCUT2D eigenvalue weighted by Crippen LogP contribution is -2.53. The van der Waals surface area contributed by atoms with Crippen molar-refractivity contribution in [2.24, 2.45) is 0 Å². The van der Waals surface area contributed by atoms with Crippen LogP contribution in [-0.4, -0.2) is 50.9 Å². The topological polar surface area (TPSA) is 96.0 Å². The quantitative estimate of drug-likeness (QED) is 0.214. The van der Waals surface area contributed by atoms with E-state index in [0.717, 1.165) is 9.87 Å². The molecule has 0 spiro atoms. The molecule has 0 heterocycles. The number of carbonyl (C=O) groups excluding carboxylic acids is 2. The Balaban J connectivity index is 2.14. The minimum atomic E-state index is -4.30. The van der Waals surface area contributed by atoms with Gasteiger partial charge in [-0.05, 0) is 74.7 Å². The van der Waals surface area contributed by atoms with Crippen LogP contribution in [-0.2, 0) is 26.2 Å². The predicted octanol–water partition coefficient (Wildman–Crippen LogP) is 6.88. The smallest absolute Gasteiger partial charge is 0.264 e. The summed E-state index contributed by atoms with van der Waals surface area (Å²) in [5.74, 6) is -0.765. The number of methoxy groups -OCH3 is 1. The number of carbonyl (C=O) groups is 2. The Hall–Kier alpha value is -2.98. The fourth-order valence-electron chi connectivity index (χ4n) is 4.40. The van der Waals surface area contributed by atoms with Crippen LogP contribution in [0.4, 0.5) is 5.69 Å². The lowest BCUT2D eigenvalue weighted by molar-refractivity contribution is -0.140. The molecule has 8 nitrogen and oxygen atoms in total. The molecule has 0 aliphatic carbocycles. The van der Waals surface area contributed by atoms with Gasteiger partial charge in [0, 0.05) is 17.6 Å². The molecule has 0 radical (unpaired) electrons. The summed E-state index contributed by atoms with van der Waals surface area (Å²) in [6.07, 6.45) is 0.973. The third-order valence-corrected chi connectivity index (χ3v) is 9.77. The molecule has 2 unspecified atom stereocenters. The first-order valence-electron chi connectivity index (χ1n) is 13.8. The summed E-state index contributed by atoms with van der Waals surface area (Å²) >= 11 is 18.7. The number of anilines is 1. The van der Waals surface area contributed by atoms with E-state index < -0.39 is 28.5 Å². The van der Waals surface area contributed by atoms with E-state index in [4.69, 9.17) is 39.5 Å². The van der Waals surface area contributed by atoms with E-state index in [1.54, 1.807) is 43.3 Å². The zero-order valence-corrected chi connectivity index (χ0v) is 27.8. The molecule has 0 bridgehead atoms. The molecule has 3 rings (SSSR count). The first kappa shape index (κ1) is 34.5. The molecule has 232 valence electrons. The number of amides is 2. The van der Waals surface area contributed by atoms with Crippen LogP contribution in [0.25, 0.3) is 0 Å². The molecular formula is C31H36Cl3N3O5S. The molecule has 0 fully saturated rings. The second-order valence-corrected chi connectivity index (χ2v) is 13.3.